The summed E-state index contributed by atoms with van der Waals surface area (Å²) in [5.74, 6) is 0.921. The van der Waals surface area contributed by atoms with Gasteiger partial charge in [0.1, 0.15) is 0 Å². The molecule has 0 bridgehead atoms. The number of nitrogens with one attached hydrogen (secondary N) is 1. The van der Waals surface area contributed by atoms with E-state index in [1.54, 1.807) is 7.11 Å². The molecule has 0 saturated carbocycles. The Kier molecular flexibility index (Phi) is 7.69. The molecule has 0 saturated heterocycles. The largest absolute Gasteiger partial charge is 0.383 e. The SMILES string of the molecule is COCC(C)NC(=O)CSc1nnc(-c2ccc(Br)cc2)n1-c1cc(C)cc(C)c1. The standard InChI is InChI=1S/C22H25BrN4O2S/c1-14-9-15(2)11-19(10-14)27-21(17-5-7-18(23)8-6-17)25-26-22(27)30-13-20(28)24-16(3)12-29-4/h5-11,16H,12-13H2,1-4H3,(H,24,28). The molecule has 0 aliphatic rings. The Morgan fingerprint density at radius 2 is 1.83 bits per heavy atom. The molecule has 6 nitrogen and oxygen atoms in total. The highest BCUT2D eigenvalue weighted by Gasteiger charge is 2.18. The van der Waals surface area contributed by atoms with Gasteiger partial charge in [0.2, 0.25) is 5.91 Å². The average molecular weight is 489 g/mol. The van der Waals surface area contributed by atoms with Crippen molar-refractivity contribution in [1.29, 1.82) is 0 Å². The Hall–Kier alpha value is -2.16. The number of ether oxygens (including phenoxy) is 1. The molecule has 1 amide bonds. The molecule has 8 heteroatoms. The van der Waals surface area contributed by atoms with Crippen LogP contribution in [-0.2, 0) is 9.53 Å². The molecule has 0 aliphatic heterocycles. The number of hydrogen-bond donors (Lipinski definition) is 1. The third kappa shape index (κ3) is 5.71. The van der Waals surface area contributed by atoms with Crippen molar-refractivity contribution in [3.8, 4) is 17.1 Å². The first-order chi connectivity index (χ1) is 14.4. The number of halogens is 1. The van der Waals surface area contributed by atoms with Gasteiger partial charge >= 0.3 is 0 Å². The Bertz CT molecular complexity index is 1000. The predicted octanol–water partition coefficient (Wildman–Crippen LogP) is 4.56. The van der Waals surface area contributed by atoms with E-state index in [1.807, 2.05) is 35.8 Å². The summed E-state index contributed by atoms with van der Waals surface area (Å²) in [5.41, 5.74) is 4.24. The second-order valence-corrected chi connectivity index (χ2v) is 9.07. The summed E-state index contributed by atoms with van der Waals surface area (Å²) in [6, 6.07) is 14.2. The summed E-state index contributed by atoms with van der Waals surface area (Å²) in [7, 11) is 1.62. The number of aromatic nitrogens is 3. The summed E-state index contributed by atoms with van der Waals surface area (Å²) in [5, 5.41) is 12.4. The van der Waals surface area contributed by atoms with Crippen molar-refractivity contribution in [2.75, 3.05) is 19.5 Å². The van der Waals surface area contributed by atoms with Gasteiger partial charge in [-0.05, 0) is 56.2 Å². The molecule has 0 aliphatic carbocycles. The molecule has 3 aromatic rings. The number of carbonyl (C=O) groups excluding carboxylic acids is 1. The van der Waals surface area contributed by atoms with E-state index < -0.39 is 0 Å². The van der Waals surface area contributed by atoms with E-state index in [9.17, 15) is 4.79 Å². The average Bonchev–Trinajstić information content (AvgIpc) is 3.10. The van der Waals surface area contributed by atoms with Crippen molar-refractivity contribution in [3.63, 3.8) is 0 Å². The van der Waals surface area contributed by atoms with Crippen LogP contribution in [0.15, 0.2) is 52.1 Å². The zero-order valence-corrected chi connectivity index (χ0v) is 19.9. The van der Waals surface area contributed by atoms with Crippen LogP contribution in [0.25, 0.3) is 17.1 Å². The maximum absolute atomic E-state index is 12.3. The van der Waals surface area contributed by atoms with Gasteiger partial charge in [0.05, 0.1) is 18.0 Å². The first-order valence-electron chi connectivity index (χ1n) is 9.58. The number of nitrogens with zero attached hydrogens (tertiary/aromatic N) is 3. The van der Waals surface area contributed by atoms with Gasteiger partial charge in [0, 0.05) is 23.2 Å². The zero-order valence-electron chi connectivity index (χ0n) is 17.5. The molecular weight excluding hydrogens is 464 g/mol. The highest BCUT2D eigenvalue weighted by molar-refractivity contribution is 9.10. The van der Waals surface area contributed by atoms with E-state index in [0.29, 0.717) is 11.8 Å². The molecule has 30 heavy (non-hydrogen) atoms. The van der Waals surface area contributed by atoms with Crippen LogP contribution in [0.2, 0.25) is 0 Å². The monoisotopic (exact) mass is 488 g/mol. The number of amides is 1. The van der Waals surface area contributed by atoms with Crippen LogP contribution >= 0.6 is 27.7 Å². The van der Waals surface area contributed by atoms with Crippen LogP contribution < -0.4 is 5.32 Å². The molecule has 1 N–H and O–H groups in total. The van der Waals surface area contributed by atoms with Crippen LogP contribution in [0, 0.1) is 13.8 Å². The van der Waals surface area contributed by atoms with Crippen molar-refractivity contribution in [3.05, 3.63) is 58.1 Å². The fraction of sp³-hybridized carbons (Fsp3) is 0.318. The minimum atomic E-state index is -0.0651. The molecule has 3 rings (SSSR count). The molecule has 1 heterocycles. The van der Waals surface area contributed by atoms with Crippen molar-refractivity contribution in [1.82, 2.24) is 20.1 Å². The van der Waals surface area contributed by atoms with Gasteiger partial charge in [0.25, 0.3) is 0 Å². The fourth-order valence-electron chi connectivity index (χ4n) is 3.20. The van der Waals surface area contributed by atoms with Gasteiger partial charge in [-0.3, -0.25) is 9.36 Å². The molecule has 1 unspecified atom stereocenters. The number of aryl methyl sites for hydroxylation is 2. The first-order valence-corrected chi connectivity index (χ1v) is 11.4. The molecule has 2 aromatic carbocycles. The topological polar surface area (TPSA) is 69.0 Å². The summed E-state index contributed by atoms with van der Waals surface area (Å²) in [4.78, 5) is 12.3. The number of rotatable bonds is 8. The van der Waals surface area contributed by atoms with Crippen molar-refractivity contribution in [2.45, 2.75) is 32.0 Å². The number of benzene rings is 2. The highest BCUT2D eigenvalue weighted by atomic mass is 79.9. The van der Waals surface area contributed by atoms with Crippen LogP contribution in [0.3, 0.4) is 0 Å². The molecule has 1 aromatic heterocycles. The first kappa shape index (κ1) is 22.5. The van der Waals surface area contributed by atoms with Crippen molar-refractivity contribution >= 4 is 33.6 Å². The molecular formula is C22H25BrN4O2S. The minimum Gasteiger partial charge on any atom is -0.383 e. The molecule has 1 atom stereocenters. The highest BCUT2D eigenvalue weighted by Crippen LogP contribution is 2.29. The lowest BCUT2D eigenvalue weighted by Gasteiger charge is -2.14. The molecule has 158 valence electrons. The Labute approximate surface area is 189 Å². The number of methoxy groups -OCH3 is 1. The Morgan fingerprint density at radius 3 is 2.47 bits per heavy atom. The Morgan fingerprint density at radius 1 is 1.17 bits per heavy atom. The third-order valence-corrected chi connectivity index (χ3v) is 5.81. The third-order valence-electron chi connectivity index (χ3n) is 4.36. The van der Waals surface area contributed by atoms with Gasteiger partial charge in [0.15, 0.2) is 11.0 Å². The minimum absolute atomic E-state index is 0.0429. The maximum atomic E-state index is 12.3. The normalized spacial score (nSPS) is 12.0. The van der Waals surface area contributed by atoms with Crippen LogP contribution in [-0.4, -0.2) is 46.2 Å². The van der Waals surface area contributed by atoms with Gasteiger partial charge in [-0.15, -0.1) is 10.2 Å². The van der Waals surface area contributed by atoms with E-state index in [-0.39, 0.29) is 17.7 Å². The smallest absolute Gasteiger partial charge is 0.230 e. The number of thioether (sulfide) groups is 1. The van der Waals surface area contributed by atoms with Crippen LogP contribution in [0.4, 0.5) is 0 Å². The summed E-state index contributed by atoms with van der Waals surface area (Å²) >= 11 is 4.84. The van der Waals surface area contributed by atoms with E-state index in [1.165, 1.54) is 11.8 Å². The maximum Gasteiger partial charge on any atom is 0.230 e. The summed E-state index contributed by atoms with van der Waals surface area (Å²) < 4.78 is 8.09. The molecule has 0 spiro atoms. The zero-order chi connectivity index (χ0) is 21.7. The second kappa shape index (κ2) is 10.2. The van der Waals surface area contributed by atoms with Crippen molar-refractivity contribution < 1.29 is 9.53 Å². The van der Waals surface area contributed by atoms with Crippen LogP contribution in [0.5, 0.6) is 0 Å². The van der Waals surface area contributed by atoms with E-state index in [4.69, 9.17) is 4.74 Å². The molecule has 0 radical (unpaired) electrons. The number of hydrogen-bond acceptors (Lipinski definition) is 5. The van der Waals surface area contributed by atoms with E-state index in [2.05, 4.69) is 63.5 Å². The lowest BCUT2D eigenvalue weighted by atomic mass is 10.1. The van der Waals surface area contributed by atoms with Crippen LogP contribution in [0.1, 0.15) is 18.1 Å². The van der Waals surface area contributed by atoms with E-state index >= 15 is 0 Å². The molecule has 0 fully saturated rings. The second-order valence-electron chi connectivity index (χ2n) is 7.21. The summed E-state index contributed by atoms with van der Waals surface area (Å²) in [6.45, 7) is 6.52. The van der Waals surface area contributed by atoms with Crippen molar-refractivity contribution in [2.24, 2.45) is 0 Å². The lowest BCUT2D eigenvalue weighted by Crippen LogP contribution is -2.36. The summed E-state index contributed by atoms with van der Waals surface area (Å²) in [6.07, 6.45) is 0. The predicted molar refractivity (Wildman–Crippen MR) is 124 cm³/mol. The van der Waals surface area contributed by atoms with Gasteiger partial charge < -0.3 is 10.1 Å². The van der Waals surface area contributed by atoms with Gasteiger partial charge in [-0.25, -0.2) is 0 Å². The van der Waals surface area contributed by atoms with Gasteiger partial charge in [-0.2, -0.15) is 0 Å². The number of carbonyl (C=O) groups is 1. The quantitative estimate of drug-likeness (QED) is 0.470. The van der Waals surface area contributed by atoms with E-state index in [0.717, 1.165) is 32.7 Å². The van der Waals surface area contributed by atoms with Gasteiger partial charge in [-0.1, -0.05) is 45.9 Å². The lowest BCUT2D eigenvalue weighted by molar-refractivity contribution is -0.119. The Balaban J connectivity index is 1.93. The fourth-order valence-corrected chi connectivity index (χ4v) is 4.23.